The summed E-state index contributed by atoms with van der Waals surface area (Å²) in [5.41, 5.74) is 0. The molecule has 304 valence electrons. The van der Waals surface area contributed by atoms with Gasteiger partial charge in [-0.2, -0.15) is 0 Å². The van der Waals surface area contributed by atoms with Crippen molar-refractivity contribution in [2.75, 3.05) is 19.8 Å². The molecule has 0 radical (unpaired) electrons. The maximum atomic E-state index is 12.2. The van der Waals surface area contributed by atoms with Crippen molar-refractivity contribution in [1.29, 1.82) is 0 Å². The number of aliphatic hydroxyl groups excluding tert-OH is 1. The van der Waals surface area contributed by atoms with Gasteiger partial charge in [-0.1, -0.05) is 120 Å². The molecule has 0 rings (SSSR count). The molecule has 0 aliphatic heterocycles. The quantitative estimate of drug-likeness (QED) is 0.0208. The molecule has 0 bridgehead atoms. The van der Waals surface area contributed by atoms with Crippen LogP contribution in [-0.2, 0) is 32.7 Å². The highest BCUT2D eigenvalue weighted by atomic mass is 31.2. The monoisotopic (exact) mass is 767 g/mol. The number of carbonyl (C=O) groups excluding carboxylic acids is 2. The second kappa shape index (κ2) is 36.2. The zero-order valence-corrected chi connectivity index (χ0v) is 33.4. The predicted octanol–water partition coefficient (Wildman–Crippen LogP) is 9.61. The van der Waals surface area contributed by atoms with E-state index in [1.807, 2.05) is 6.08 Å². The summed E-state index contributed by atoms with van der Waals surface area (Å²) >= 11 is 0. The van der Waals surface area contributed by atoms with Crippen molar-refractivity contribution in [2.24, 2.45) is 0 Å². The Morgan fingerprint density at radius 2 is 1.09 bits per heavy atom. The van der Waals surface area contributed by atoms with Crippen LogP contribution in [0.15, 0.2) is 60.8 Å². The lowest BCUT2D eigenvalue weighted by molar-refractivity contribution is -0.147. The highest BCUT2D eigenvalue weighted by Gasteiger charge is 2.28. The van der Waals surface area contributed by atoms with Gasteiger partial charge in [0.25, 0.3) is 0 Å². The number of ether oxygens (including phenoxy) is 1. The van der Waals surface area contributed by atoms with Crippen molar-refractivity contribution in [3.05, 3.63) is 60.8 Å². The molecule has 0 spiro atoms. The Labute approximate surface area is 319 Å². The Balaban J connectivity index is 4.03. The van der Waals surface area contributed by atoms with E-state index in [9.17, 15) is 34.1 Å². The first kappa shape index (κ1) is 50.2. The number of carboxylic acids is 1. The van der Waals surface area contributed by atoms with Crippen LogP contribution in [0.3, 0.4) is 0 Å². The van der Waals surface area contributed by atoms with Crippen LogP contribution in [-0.4, -0.2) is 64.9 Å². The van der Waals surface area contributed by atoms with Gasteiger partial charge in [0.1, 0.15) is 12.7 Å². The smallest absolute Gasteiger partial charge is 0.472 e. The van der Waals surface area contributed by atoms with E-state index >= 15 is 0 Å². The van der Waals surface area contributed by atoms with E-state index in [1.54, 1.807) is 0 Å². The fourth-order valence-corrected chi connectivity index (χ4v) is 5.72. The van der Waals surface area contributed by atoms with Crippen LogP contribution in [0.5, 0.6) is 0 Å². The van der Waals surface area contributed by atoms with E-state index in [2.05, 4.69) is 73.8 Å². The molecule has 1 amide bonds. The first-order valence-corrected chi connectivity index (χ1v) is 21.3. The number of rotatable bonds is 36. The van der Waals surface area contributed by atoms with Crippen LogP contribution in [0.4, 0.5) is 0 Å². The number of carbonyl (C=O) groups is 3. The van der Waals surface area contributed by atoms with Crippen LogP contribution >= 0.6 is 7.82 Å². The molecule has 0 saturated heterocycles. The van der Waals surface area contributed by atoms with Crippen LogP contribution in [0.2, 0.25) is 0 Å². The van der Waals surface area contributed by atoms with Gasteiger partial charge in [0, 0.05) is 12.8 Å². The molecule has 3 atom stereocenters. The third kappa shape index (κ3) is 36.0. The number of nitrogens with one attached hydrogen (secondary N) is 1. The first-order valence-electron chi connectivity index (χ1n) is 19.8. The zero-order valence-electron chi connectivity index (χ0n) is 32.5. The normalized spacial score (nSPS) is 14.5. The highest BCUT2D eigenvalue weighted by Crippen LogP contribution is 2.43. The van der Waals surface area contributed by atoms with Crippen LogP contribution < -0.4 is 5.32 Å². The summed E-state index contributed by atoms with van der Waals surface area (Å²) in [5, 5.41) is 21.7. The van der Waals surface area contributed by atoms with Gasteiger partial charge >= 0.3 is 19.8 Å². The number of esters is 1. The van der Waals surface area contributed by atoms with Gasteiger partial charge < -0.3 is 25.2 Å². The highest BCUT2D eigenvalue weighted by molar-refractivity contribution is 7.47. The van der Waals surface area contributed by atoms with E-state index in [-0.39, 0.29) is 12.8 Å². The molecule has 0 heterocycles. The van der Waals surface area contributed by atoms with Crippen LogP contribution in [0.1, 0.15) is 149 Å². The largest absolute Gasteiger partial charge is 0.480 e. The number of unbranched alkanes of at least 4 members (excludes halogenated alkanes) is 12. The summed E-state index contributed by atoms with van der Waals surface area (Å²) in [6.45, 7) is 2.40. The minimum absolute atomic E-state index is 0.0900. The molecule has 0 aliphatic carbocycles. The number of hydrogen-bond acceptors (Lipinski definition) is 8. The van der Waals surface area contributed by atoms with Crippen LogP contribution in [0, 0.1) is 0 Å². The lowest BCUT2D eigenvalue weighted by atomic mass is 10.1. The van der Waals surface area contributed by atoms with Gasteiger partial charge in [-0.25, -0.2) is 9.36 Å². The minimum atomic E-state index is -4.77. The Kier molecular flexibility index (Phi) is 34.2. The number of amides is 1. The number of carboxylic acid groups (broad SMARTS) is 1. The maximum absolute atomic E-state index is 12.2. The molecule has 0 aromatic carbocycles. The summed E-state index contributed by atoms with van der Waals surface area (Å²) < 4.78 is 26.7. The van der Waals surface area contributed by atoms with E-state index in [0.29, 0.717) is 12.8 Å². The van der Waals surface area contributed by atoms with Gasteiger partial charge in [0.15, 0.2) is 6.04 Å². The summed E-state index contributed by atoms with van der Waals surface area (Å²) in [7, 11) is -4.77. The molecule has 0 aromatic rings. The molecule has 11 nitrogen and oxygen atoms in total. The topological polar surface area (TPSA) is 169 Å². The van der Waals surface area contributed by atoms with E-state index in [0.717, 1.165) is 77.0 Å². The lowest BCUT2D eigenvalue weighted by Crippen LogP contribution is -2.43. The number of phosphoric ester groups is 1. The standard InChI is InChI=1S/C41H70NO10P/c1-3-5-7-9-11-13-15-17-19-20-22-24-26-28-30-32-39(44)42-38(41(46)47)36-52-53(48,49)51-35-37(43)34-50-40(45)33-31-29-27-25-23-21-18-16-14-12-10-8-6-4-2/h5,7,11,13,16-19,22,24,37-38,43H,3-4,6,8-10,12,14-15,20-21,23,25-36H2,1-2H3,(H,42,44)(H,46,47)(H,48,49)/b7-5-,13-11-,18-16-,19-17-,24-22-. The summed E-state index contributed by atoms with van der Waals surface area (Å²) in [6, 6.07) is -1.57. The van der Waals surface area contributed by atoms with Crippen LogP contribution in [0.25, 0.3) is 0 Å². The van der Waals surface area contributed by atoms with Crippen molar-refractivity contribution < 1.29 is 47.8 Å². The summed E-state index contributed by atoms with van der Waals surface area (Å²) in [5.74, 6) is -2.45. The Hall–Kier alpha value is -2.82. The maximum Gasteiger partial charge on any atom is 0.472 e. The van der Waals surface area contributed by atoms with Crippen molar-refractivity contribution in [2.45, 2.75) is 161 Å². The van der Waals surface area contributed by atoms with Gasteiger partial charge in [-0.05, 0) is 77.0 Å². The number of hydrogen-bond donors (Lipinski definition) is 4. The molecule has 12 heteroatoms. The second-order valence-electron chi connectivity index (χ2n) is 13.1. The third-order valence-electron chi connectivity index (χ3n) is 8.04. The molecule has 4 N–H and O–H groups in total. The van der Waals surface area contributed by atoms with Crippen molar-refractivity contribution >= 4 is 25.7 Å². The Morgan fingerprint density at radius 3 is 1.68 bits per heavy atom. The van der Waals surface area contributed by atoms with Gasteiger partial charge in [0.2, 0.25) is 5.91 Å². The average molecular weight is 768 g/mol. The van der Waals surface area contributed by atoms with E-state index < -0.39 is 57.6 Å². The molecule has 0 fully saturated rings. The van der Waals surface area contributed by atoms with E-state index in [1.165, 1.54) is 32.1 Å². The molecule has 0 aliphatic rings. The first-order chi connectivity index (χ1) is 25.6. The number of phosphoric acid groups is 1. The number of aliphatic hydroxyl groups is 1. The molecule has 0 aromatic heterocycles. The third-order valence-corrected chi connectivity index (χ3v) is 8.99. The Bertz CT molecular complexity index is 1130. The molecular weight excluding hydrogens is 697 g/mol. The lowest BCUT2D eigenvalue weighted by Gasteiger charge is -2.18. The number of allylic oxidation sites excluding steroid dienone is 10. The van der Waals surface area contributed by atoms with Gasteiger partial charge in [0.05, 0.1) is 13.2 Å². The molecular formula is C41H70NO10P. The zero-order chi connectivity index (χ0) is 39.3. The van der Waals surface area contributed by atoms with Gasteiger partial charge in [-0.3, -0.25) is 18.6 Å². The van der Waals surface area contributed by atoms with Crippen molar-refractivity contribution in [3.8, 4) is 0 Å². The minimum Gasteiger partial charge on any atom is -0.480 e. The summed E-state index contributed by atoms with van der Waals surface area (Å²) in [6.07, 6.45) is 39.7. The molecule has 53 heavy (non-hydrogen) atoms. The SMILES string of the molecule is CC/C=C\C/C=C\C/C=C\C/C=C\CCCCC(=O)NC(COP(=O)(O)OCC(O)COC(=O)CCCCCCC/C=C\CCCCCCC)C(=O)O. The fraction of sp³-hybridized carbons (Fsp3) is 0.683. The molecule has 0 saturated carbocycles. The predicted molar refractivity (Wildman–Crippen MR) is 212 cm³/mol. The fourth-order valence-electron chi connectivity index (χ4n) is 4.95. The number of aliphatic carboxylic acids is 1. The van der Waals surface area contributed by atoms with Crippen molar-refractivity contribution in [1.82, 2.24) is 5.32 Å². The second-order valence-corrected chi connectivity index (χ2v) is 14.5. The van der Waals surface area contributed by atoms with Gasteiger partial charge in [-0.15, -0.1) is 0 Å². The van der Waals surface area contributed by atoms with Crippen molar-refractivity contribution in [3.63, 3.8) is 0 Å². The Morgan fingerprint density at radius 1 is 0.623 bits per heavy atom. The molecule has 3 unspecified atom stereocenters. The summed E-state index contributed by atoms with van der Waals surface area (Å²) in [4.78, 5) is 45.7. The average Bonchev–Trinajstić information content (AvgIpc) is 3.13. The van der Waals surface area contributed by atoms with E-state index in [4.69, 9.17) is 13.8 Å².